The standard InChI is InChI=1S/C16H14ClFO2/c1-20-16-5-3-2-4-11(16)6-9-15(19)13-8-7-12(18)10-14(13)17/h2-5,7-8,10H,6,9H2,1H3. The number of ether oxygens (including phenoxy) is 1. The Balaban J connectivity index is 2.09. The molecule has 0 bridgehead atoms. The largest absolute Gasteiger partial charge is 0.496 e. The summed E-state index contributed by atoms with van der Waals surface area (Å²) in [6, 6.07) is 11.3. The molecule has 0 aromatic heterocycles. The van der Waals surface area contributed by atoms with Crippen LogP contribution in [0.5, 0.6) is 5.75 Å². The minimum Gasteiger partial charge on any atom is -0.496 e. The van der Waals surface area contributed by atoms with Crippen molar-refractivity contribution in [1.29, 1.82) is 0 Å². The number of carbonyl (C=O) groups is 1. The minimum atomic E-state index is -0.448. The minimum absolute atomic E-state index is 0.110. The van der Waals surface area contributed by atoms with Crippen molar-refractivity contribution in [1.82, 2.24) is 0 Å². The van der Waals surface area contributed by atoms with Gasteiger partial charge in [0.1, 0.15) is 11.6 Å². The van der Waals surface area contributed by atoms with Gasteiger partial charge in [-0.15, -0.1) is 0 Å². The number of Topliss-reactive ketones (excluding diaryl/α,β-unsaturated/α-hetero) is 1. The Bertz CT molecular complexity index is 626. The molecule has 0 heterocycles. The highest BCUT2D eigenvalue weighted by atomic mass is 35.5. The zero-order valence-corrected chi connectivity index (χ0v) is 11.8. The van der Waals surface area contributed by atoms with Gasteiger partial charge in [-0.25, -0.2) is 4.39 Å². The number of rotatable bonds is 5. The second-order valence-electron chi connectivity index (χ2n) is 4.36. The highest BCUT2D eigenvalue weighted by Crippen LogP contribution is 2.22. The van der Waals surface area contributed by atoms with Gasteiger partial charge in [0.2, 0.25) is 0 Å². The summed E-state index contributed by atoms with van der Waals surface area (Å²) in [5.74, 6) is 0.197. The molecule has 4 heteroatoms. The van der Waals surface area contributed by atoms with Gasteiger partial charge in [0, 0.05) is 12.0 Å². The van der Waals surface area contributed by atoms with Gasteiger partial charge < -0.3 is 4.74 Å². The fourth-order valence-electron chi connectivity index (χ4n) is 2.01. The van der Waals surface area contributed by atoms with Crippen molar-refractivity contribution in [2.45, 2.75) is 12.8 Å². The van der Waals surface area contributed by atoms with E-state index in [1.54, 1.807) is 7.11 Å². The number of halogens is 2. The highest BCUT2D eigenvalue weighted by Gasteiger charge is 2.12. The van der Waals surface area contributed by atoms with Crippen LogP contribution in [0.25, 0.3) is 0 Å². The average Bonchev–Trinajstić information content (AvgIpc) is 2.45. The molecular weight excluding hydrogens is 279 g/mol. The molecule has 2 nitrogen and oxygen atoms in total. The van der Waals surface area contributed by atoms with Crippen LogP contribution in [0.3, 0.4) is 0 Å². The molecule has 0 N–H and O–H groups in total. The molecule has 0 fully saturated rings. The Kier molecular flexibility index (Phi) is 4.74. The van der Waals surface area contributed by atoms with Crippen LogP contribution in [0, 0.1) is 5.82 Å². The summed E-state index contributed by atoms with van der Waals surface area (Å²) in [5.41, 5.74) is 1.31. The first-order valence-corrected chi connectivity index (χ1v) is 6.59. The van der Waals surface area contributed by atoms with E-state index in [0.717, 1.165) is 17.4 Å². The van der Waals surface area contributed by atoms with Gasteiger partial charge in [-0.2, -0.15) is 0 Å². The molecule has 2 aromatic rings. The number of carbonyl (C=O) groups excluding carboxylic acids is 1. The van der Waals surface area contributed by atoms with Crippen LogP contribution in [0.2, 0.25) is 5.02 Å². The zero-order chi connectivity index (χ0) is 14.5. The maximum atomic E-state index is 12.9. The van der Waals surface area contributed by atoms with Crippen LogP contribution in [-0.4, -0.2) is 12.9 Å². The summed E-state index contributed by atoms with van der Waals surface area (Å²) in [6.07, 6.45) is 0.849. The van der Waals surface area contributed by atoms with E-state index in [1.165, 1.54) is 12.1 Å². The first kappa shape index (κ1) is 14.5. The third-order valence-corrected chi connectivity index (χ3v) is 3.36. The van der Waals surface area contributed by atoms with Gasteiger partial charge in [0.15, 0.2) is 5.78 Å². The highest BCUT2D eigenvalue weighted by molar-refractivity contribution is 6.33. The molecule has 0 amide bonds. The van der Waals surface area contributed by atoms with Crippen molar-refractivity contribution in [3.63, 3.8) is 0 Å². The molecule has 2 rings (SSSR count). The van der Waals surface area contributed by atoms with Gasteiger partial charge in [0.25, 0.3) is 0 Å². The summed E-state index contributed by atoms with van der Waals surface area (Å²) in [6.45, 7) is 0. The molecule has 20 heavy (non-hydrogen) atoms. The van der Waals surface area contributed by atoms with Crippen LogP contribution < -0.4 is 4.74 Å². The van der Waals surface area contributed by atoms with Crippen molar-refractivity contribution in [2.75, 3.05) is 7.11 Å². The van der Waals surface area contributed by atoms with Crippen molar-refractivity contribution in [3.05, 3.63) is 64.4 Å². The van der Waals surface area contributed by atoms with Crippen molar-refractivity contribution < 1.29 is 13.9 Å². The topological polar surface area (TPSA) is 26.3 Å². The lowest BCUT2D eigenvalue weighted by molar-refractivity contribution is 0.0983. The SMILES string of the molecule is COc1ccccc1CCC(=O)c1ccc(F)cc1Cl. The van der Waals surface area contributed by atoms with Crippen molar-refractivity contribution in [3.8, 4) is 5.75 Å². The van der Waals surface area contributed by atoms with E-state index >= 15 is 0 Å². The number of methoxy groups -OCH3 is 1. The van der Waals surface area contributed by atoms with E-state index in [1.807, 2.05) is 24.3 Å². The van der Waals surface area contributed by atoms with Gasteiger partial charge in [-0.05, 0) is 36.2 Å². The summed E-state index contributed by atoms with van der Waals surface area (Å²) >= 11 is 5.88. The monoisotopic (exact) mass is 292 g/mol. The Morgan fingerprint density at radius 3 is 2.70 bits per heavy atom. The van der Waals surface area contributed by atoms with E-state index in [4.69, 9.17) is 16.3 Å². The predicted octanol–water partition coefficient (Wildman–Crippen LogP) is 4.30. The quantitative estimate of drug-likeness (QED) is 0.768. The molecule has 0 atom stereocenters. The molecule has 0 saturated heterocycles. The van der Waals surface area contributed by atoms with E-state index in [9.17, 15) is 9.18 Å². The summed E-state index contributed by atoms with van der Waals surface area (Å²) in [5, 5.41) is 0.148. The second-order valence-corrected chi connectivity index (χ2v) is 4.77. The third-order valence-electron chi connectivity index (χ3n) is 3.05. The van der Waals surface area contributed by atoms with Crippen LogP contribution in [0.15, 0.2) is 42.5 Å². The zero-order valence-electron chi connectivity index (χ0n) is 11.0. The van der Waals surface area contributed by atoms with Crippen LogP contribution in [0.1, 0.15) is 22.3 Å². The lowest BCUT2D eigenvalue weighted by Crippen LogP contribution is -2.03. The Hall–Kier alpha value is -1.87. The Labute approximate surface area is 122 Å². The van der Waals surface area contributed by atoms with Crippen LogP contribution >= 0.6 is 11.6 Å². The normalized spacial score (nSPS) is 10.3. The Morgan fingerprint density at radius 1 is 1.25 bits per heavy atom. The fourth-order valence-corrected chi connectivity index (χ4v) is 2.28. The number of para-hydroxylation sites is 1. The van der Waals surface area contributed by atoms with E-state index < -0.39 is 5.82 Å². The number of benzene rings is 2. The molecule has 0 unspecified atom stereocenters. The fraction of sp³-hybridized carbons (Fsp3) is 0.188. The van der Waals surface area contributed by atoms with Gasteiger partial charge >= 0.3 is 0 Å². The summed E-state index contributed by atoms with van der Waals surface area (Å²) in [4.78, 5) is 12.1. The van der Waals surface area contributed by atoms with Gasteiger partial charge in [-0.1, -0.05) is 29.8 Å². The van der Waals surface area contributed by atoms with Crippen molar-refractivity contribution in [2.24, 2.45) is 0 Å². The first-order chi connectivity index (χ1) is 9.61. The lowest BCUT2D eigenvalue weighted by atomic mass is 10.0. The van der Waals surface area contributed by atoms with Gasteiger partial charge in [0.05, 0.1) is 12.1 Å². The van der Waals surface area contributed by atoms with E-state index in [2.05, 4.69) is 0 Å². The summed E-state index contributed by atoms with van der Waals surface area (Å²) < 4.78 is 18.2. The maximum Gasteiger partial charge on any atom is 0.164 e. The van der Waals surface area contributed by atoms with Gasteiger partial charge in [-0.3, -0.25) is 4.79 Å². The molecule has 0 saturated carbocycles. The molecule has 0 radical (unpaired) electrons. The first-order valence-electron chi connectivity index (χ1n) is 6.22. The van der Waals surface area contributed by atoms with Crippen LogP contribution in [-0.2, 0) is 6.42 Å². The molecule has 2 aromatic carbocycles. The predicted molar refractivity (Wildman–Crippen MR) is 77.1 cm³/mol. The molecule has 0 aliphatic carbocycles. The lowest BCUT2D eigenvalue weighted by Gasteiger charge is -2.08. The smallest absolute Gasteiger partial charge is 0.164 e. The Morgan fingerprint density at radius 2 is 2.00 bits per heavy atom. The second kappa shape index (κ2) is 6.53. The number of hydrogen-bond donors (Lipinski definition) is 0. The van der Waals surface area contributed by atoms with Crippen LogP contribution in [0.4, 0.5) is 4.39 Å². The van der Waals surface area contributed by atoms with Crippen molar-refractivity contribution >= 4 is 17.4 Å². The molecule has 0 aliphatic rings. The third kappa shape index (κ3) is 3.36. The number of hydrogen-bond acceptors (Lipinski definition) is 2. The molecular formula is C16H14ClFO2. The van der Waals surface area contributed by atoms with E-state index in [-0.39, 0.29) is 10.8 Å². The number of ketones is 1. The molecule has 0 spiro atoms. The molecule has 0 aliphatic heterocycles. The van der Waals surface area contributed by atoms with E-state index in [0.29, 0.717) is 18.4 Å². The summed E-state index contributed by atoms with van der Waals surface area (Å²) in [7, 11) is 1.59. The molecule has 104 valence electrons. The number of aryl methyl sites for hydroxylation is 1. The maximum absolute atomic E-state index is 12.9. The average molecular weight is 293 g/mol.